The maximum atomic E-state index is 12.7. The molecule has 0 atom stereocenters. The van der Waals surface area contributed by atoms with Gasteiger partial charge in [-0.1, -0.05) is 48.5 Å². The number of piperazine rings is 1. The molecular weight excluding hydrogens is 400 g/mol. The van der Waals surface area contributed by atoms with E-state index in [-0.39, 0.29) is 5.91 Å². The van der Waals surface area contributed by atoms with Gasteiger partial charge in [0.25, 0.3) is 5.91 Å². The first-order valence-corrected chi connectivity index (χ1v) is 10.9. The summed E-state index contributed by atoms with van der Waals surface area (Å²) in [6.45, 7) is 4.06. The van der Waals surface area contributed by atoms with Crippen molar-refractivity contribution >= 4 is 17.5 Å². The van der Waals surface area contributed by atoms with Gasteiger partial charge in [-0.15, -0.1) is 0 Å². The standard InChI is InChI=1S/C26H28N4O2/c27-25(31)24-12-11-23(17-22(24)19-28-18-20-7-3-1-4-8-20)29-13-15-30(16-14-29)26(32)21-9-5-2-6-10-21/h1-12,17,28H,13-16,18-19H2,(H2,27,31). The van der Waals surface area contributed by atoms with Crippen LogP contribution in [0.5, 0.6) is 0 Å². The molecule has 0 aromatic heterocycles. The first kappa shape index (κ1) is 21.6. The van der Waals surface area contributed by atoms with Crippen molar-refractivity contribution in [3.8, 4) is 0 Å². The molecule has 3 N–H and O–H groups in total. The van der Waals surface area contributed by atoms with Crippen molar-refractivity contribution in [2.45, 2.75) is 13.1 Å². The summed E-state index contributed by atoms with van der Waals surface area (Å²) in [5, 5.41) is 3.40. The minimum atomic E-state index is -0.425. The molecule has 6 heteroatoms. The SMILES string of the molecule is NC(=O)c1ccc(N2CCN(C(=O)c3ccccc3)CC2)cc1CNCc1ccccc1. The molecule has 1 heterocycles. The third-order valence-corrected chi connectivity index (χ3v) is 5.79. The van der Waals surface area contributed by atoms with Crippen molar-refractivity contribution in [1.29, 1.82) is 0 Å². The number of hydrogen-bond acceptors (Lipinski definition) is 4. The molecule has 2 amide bonds. The summed E-state index contributed by atoms with van der Waals surface area (Å²) in [5.74, 6) is -0.355. The molecule has 0 bridgehead atoms. The van der Waals surface area contributed by atoms with Crippen LogP contribution in [0.2, 0.25) is 0 Å². The number of rotatable bonds is 7. The van der Waals surface area contributed by atoms with Gasteiger partial charge in [-0.25, -0.2) is 0 Å². The van der Waals surface area contributed by atoms with E-state index in [1.54, 1.807) is 6.07 Å². The average molecular weight is 429 g/mol. The summed E-state index contributed by atoms with van der Waals surface area (Å²) in [7, 11) is 0. The van der Waals surface area contributed by atoms with E-state index in [1.807, 2.05) is 65.6 Å². The van der Waals surface area contributed by atoms with E-state index < -0.39 is 5.91 Å². The Morgan fingerprint density at radius 3 is 2.12 bits per heavy atom. The Hall–Kier alpha value is -3.64. The normalized spacial score (nSPS) is 13.8. The molecule has 32 heavy (non-hydrogen) atoms. The number of carbonyl (C=O) groups excluding carboxylic acids is 2. The number of nitrogens with zero attached hydrogens (tertiary/aromatic N) is 2. The fourth-order valence-electron chi connectivity index (χ4n) is 4.03. The first-order chi connectivity index (χ1) is 15.6. The van der Waals surface area contributed by atoms with Gasteiger partial charge in [0.05, 0.1) is 0 Å². The molecule has 6 nitrogen and oxygen atoms in total. The van der Waals surface area contributed by atoms with Crippen molar-refractivity contribution < 1.29 is 9.59 Å². The fourth-order valence-corrected chi connectivity index (χ4v) is 4.03. The minimum Gasteiger partial charge on any atom is -0.368 e. The highest BCUT2D eigenvalue weighted by Gasteiger charge is 2.23. The van der Waals surface area contributed by atoms with Crippen molar-refractivity contribution in [3.63, 3.8) is 0 Å². The molecule has 4 rings (SSSR count). The van der Waals surface area contributed by atoms with Gasteiger partial charge in [0.15, 0.2) is 0 Å². The Labute approximate surface area is 188 Å². The summed E-state index contributed by atoms with van der Waals surface area (Å²) >= 11 is 0. The van der Waals surface area contributed by atoms with E-state index in [4.69, 9.17) is 5.73 Å². The number of anilines is 1. The third kappa shape index (κ3) is 5.15. The molecule has 3 aromatic carbocycles. The number of carbonyl (C=O) groups is 2. The number of nitrogens with two attached hydrogens (primary N) is 1. The molecule has 1 saturated heterocycles. The van der Waals surface area contributed by atoms with Crippen LogP contribution in [-0.4, -0.2) is 42.9 Å². The van der Waals surface area contributed by atoms with Gasteiger partial charge in [-0.2, -0.15) is 0 Å². The molecule has 164 valence electrons. The molecule has 1 aliphatic heterocycles. The van der Waals surface area contributed by atoms with Crippen molar-refractivity contribution in [2.24, 2.45) is 5.73 Å². The number of amides is 2. The van der Waals surface area contributed by atoms with Gasteiger partial charge in [-0.3, -0.25) is 9.59 Å². The smallest absolute Gasteiger partial charge is 0.253 e. The van der Waals surface area contributed by atoms with Crippen LogP contribution in [0.4, 0.5) is 5.69 Å². The number of hydrogen-bond donors (Lipinski definition) is 2. The van der Waals surface area contributed by atoms with Crippen LogP contribution in [0.1, 0.15) is 31.8 Å². The maximum Gasteiger partial charge on any atom is 0.253 e. The molecule has 1 aliphatic rings. The van der Waals surface area contributed by atoms with E-state index >= 15 is 0 Å². The second-order valence-electron chi connectivity index (χ2n) is 7.94. The average Bonchev–Trinajstić information content (AvgIpc) is 2.85. The molecule has 3 aromatic rings. The van der Waals surface area contributed by atoms with Gasteiger partial charge in [-0.05, 0) is 41.5 Å². The second-order valence-corrected chi connectivity index (χ2v) is 7.94. The lowest BCUT2D eigenvalue weighted by molar-refractivity contribution is 0.0746. The van der Waals surface area contributed by atoms with Crippen LogP contribution in [0.15, 0.2) is 78.9 Å². The zero-order valence-electron chi connectivity index (χ0n) is 18.0. The number of benzene rings is 3. The van der Waals surface area contributed by atoms with E-state index in [1.165, 1.54) is 5.56 Å². The lowest BCUT2D eigenvalue weighted by Gasteiger charge is -2.36. The van der Waals surface area contributed by atoms with Crippen LogP contribution in [0, 0.1) is 0 Å². The van der Waals surface area contributed by atoms with Crippen molar-refractivity contribution in [2.75, 3.05) is 31.1 Å². The van der Waals surface area contributed by atoms with E-state index in [0.29, 0.717) is 31.7 Å². The van der Waals surface area contributed by atoms with Gasteiger partial charge in [0, 0.05) is 56.1 Å². The lowest BCUT2D eigenvalue weighted by atomic mass is 10.0. The number of primary amides is 1. The summed E-state index contributed by atoms with van der Waals surface area (Å²) in [6.07, 6.45) is 0. The summed E-state index contributed by atoms with van der Waals surface area (Å²) in [4.78, 5) is 28.8. The summed E-state index contributed by atoms with van der Waals surface area (Å²) in [6, 6.07) is 25.3. The summed E-state index contributed by atoms with van der Waals surface area (Å²) < 4.78 is 0. The zero-order valence-corrected chi connectivity index (χ0v) is 18.0. The molecule has 1 fully saturated rings. The largest absolute Gasteiger partial charge is 0.368 e. The molecule has 0 radical (unpaired) electrons. The van der Waals surface area contributed by atoms with Gasteiger partial charge in [0.2, 0.25) is 5.91 Å². The molecule has 0 aliphatic carbocycles. The van der Waals surface area contributed by atoms with Crippen LogP contribution < -0.4 is 16.0 Å². The number of nitrogens with one attached hydrogen (secondary N) is 1. The summed E-state index contributed by atoms with van der Waals surface area (Å²) in [5.41, 5.74) is 9.97. The minimum absolute atomic E-state index is 0.0696. The highest BCUT2D eigenvalue weighted by molar-refractivity contribution is 5.95. The Bertz CT molecular complexity index is 1060. The molecular formula is C26H28N4O2. The third-order valence-electron chi connectivity index (χ3n) is 5.79. The Kier molecular flexibility index (Phi) is 6.82. The molecule has 0 saturated carbocycles. The monoisotopic (exact) mass is 428 g/mol. The Balaban J connectivity index is 1.41. The maximum absolute atomic E-state index is 12.7. The Morgan fingerprint density at radius 2 is 1.47 bits per heavy atom. The lowest BCUT2D eigenvalue weighted by Crippen LogP contribution is -2.48. The van der Waals surface area contributed by atoms with Gasteiger partial charge >= 0.3 is 0 Å². The highest BCUT2D eigenvalue weighted by atomic mass is 16.2. The van der Waals surface area contributed by atoms with E-state index in [9.17, 15) is 9.59 Å². The van der Waals surface area contributed by atoms with Crippen molar-refractivity contribution in [1.82, 2.24) is 10.2 Å². The topological polar surface area (TPSA) is 78.7 Å². The van der Waals surface area contributed by atoms with Crippen LogP contribution in [0.3, 0.4) is 0 Å². The molecule has 0 spiro atoms. The predicted octanol–water partition coefficient (Wildman–Crippen LogP) is 3.04. The Morgan fingerprint density at radius 1 is 0.812 bits per heavy atom. The molecule has 0 unspecified atom stereocenters. The first-order valence-electron chi connectivity index (χ1n) is 10.9. The quantitative estimate of drug-likeness (QED) is 0.606. The highest BCUT2D eigenvalue weighted by Crippen LogP contribution is 2.22. The van der Waals surface area contributed by atoms with Gasteiger partial charge in [0.1, 0.15) is 0 Å². The predicted molar refractivity (Wildman–Crippen MR) is 127 cm³/mol. The van der Waals surface area contributed by atoms with E-state index in [0.717, 1.165) is 29.9 Å². The second kappa shape index (κ2) is 10.1. The van der Waals surface area contributed by atoms with Crippen molar-refractivity contribution in [3.05, 3.63) is 101 Å². The fraction of sp³-hybridized carbons (Fsp3) is 0.231. The van der Waals surface area contributed by atoms with Crippen LogP contribution in [0.25, 0.3) is 0 Å². The van der Waals surface area contributed by atoms with Crippen LogP contribution >= 0.6 is 0 Å². The van der Waals surface area contributed by atoms with E-state index in [2.05, 4.69) is 22.3 Å². The van der Waals surface area contributed by atoms with Crippen LogP contribution in [-0.2, 0) is 13.1 Å². The van der Waals surface area contributed by atoms with Gasteiger partial charge < -0.3 is 20.9 Å². The zero-order chi connectivity index (χ0) is 22.3.